The zero-order valence-corrected chi connectivity index (χ0v) is 13.1. The van der Waals surface area contributed by atoms with Crippen LogP contribution in [-0.4, -0.2) is 64.1 Å². The van der Waals surface area contributed by atoms with Crippen LogP contribution in [0.2, 0.25) is 0 Å². The number of aromatic nitrogens is 3. The molecule has 1 N–H and O–H groups in total. The third-order valence-electron chi connectivity index (χ3n) is 4.17. The Morgan fingerprint density at radius 3 is 2.91 bits per heavy atom. The molecule has 2 aromatic rings. The molecule has 116 valence electrons. The highest BCUT2D eigenvalue weighted by atomic mass is 32.2. The molecule has 2 saturated heterocycles. The van der Waals surface area contributed by atoms with Gasteiger partial charge >= 0.3 is 0 Å². The number of thioether (sulfide) groups is 1. The zero-order chi connectivity index (χ0) is 15.2. The summed E-state index contributed by atoms with van der Waals surface area (Å²) in [5.74, 6) is 1.81. The van der Waals surface area contributed by atoms with Crippen molar-refractivity contribution < 1.29 is 9.21 Å². The number of likely N-dealkylation sites (tertiary alicyclic amines) is 2. The van der Waals surface area contributed by atoms with E-state index in [0.717, 1.165) is 37.1 Å². The number of rotatable bonds is 4. The lowest BCUT2D eigenvalue weighted by atomic mass is 9.73. The summed E-state index contributed by atoms with van der Waals surface area (Å²) in [5.41, 5.74) is 0.349. The Labute approximate surface area is 132 Å². The highest BCUT2D eigenvalue weighted by molar-refractivity contribution is 7.98. The number of aromatic amines is 1. The summed E-state index contributed by atoms with van der Waals surface area (Å²) in [5, 5.41) is 7.31. The molecule has 1 amide bonds. The summed E-state index contributed by atoms with van der Waals surface area (Å²) in [7, 11) is 2.11. The maximum absolute atomic E-state index is 12.4. The Bertz CT molecular complexity index is 669. The molecule has 0 atom stereocenters. The second-order valence-electron chi connectivity index (χ2n) is 6.18. The van der Waals surface area contributed by atoms with E-state index in [1.165, 1.54) is 18.1 Å². The number of furan rings is 1. The highest BCUT2D eigenvalue weighted by Gasteiger charge is 2.52. The van der Waals surface area contributed by atoms with Gasteiger partial charge in [-0.2, -0.15) is 5.10 Å². The first-order valence-corrected chi connectivity index (χ1v) is 8.17. The van der Waals surface area contributed by atoms with Crippen molar-refractivity contribution in [2.24, 2.45) is 5.41 Å². The van der Waals surface area contributed by atoms with E-state index < -0.39 is 0 Å². The summed E-state index contributed by atoms with van der Waals surface area (Å²) in [6.45, 7) is 3.88. The van der Waals surface area contributed by atoms with E-state index in [1.807, 2.05) is 11.0 Å². The van der Waals surface area contributed by atoms with Crippen LogP contribution in [0.25, 0.3) is 0 Å². The van der Waals surface area contributed by atoms with Crippen LogP contribution >= 0.6 is 11.8 Å². The first-order chi connectivity index (χ1) is 10.6. The minimum atomic E-state index is -0.00362. The van der Waals surface area contributed by atoms with Crippen LogP contribution in [0.5, 0.6) is 0 Å². The predicted octanol–water partition coefficient (Wildman–Crippen LogP) is 1.08. The van der Waals surface area contributed by atoms with E-state index >= 15 is 0 Å². The van der Waals surface area contributed by atoms with Crippen molar-refractivity contribution in [3.63, 3.8) is 0 Å². The van der Waals surface area contributed by atoms with Crippen LogP contribution in [-0.2, 0) is 5.75 Å². The third kappa shape index (κ3) is 2.42. The van der Waals surface area contributed by atoms with Gasteiger partial charge in [-0.1, -0.05) is 11.8 Å². The zero-order valence-electron chi connectivity index (χ0n) is 12.3. The van der Waals surface area contributed by atoms with E-state index in [4.69, 9.17) is 4.42 Å². The van der Waals surface area contributed by atoms with E-state index in [0.29, 0.717) is 16.9 Å². The van der Waals surface area contributed by atoms with Gasteiger partial charge in [0, 0.05) is 31.6 Å². The van der Waals surface area contributed by atoms with Crippen molar-refractivity contribution >= 4 is 17.7 Å². The molecule has 0 unspecified atom stereocenters. The SMILES string of the molecule is CN1CC2(C1)CN(C(=O)c1ccc(CSc3ncn[nH]3)o1)C2. The van der Waals surface area contributed by atoms with Gasteiger partial charge in [0.2, 0.25) is 0 Å². The maximum atomic E-state index is 12.4. The first kappa shape index (κ1) is 13.8. The Kier molecular flexibility index (Phi) is 3.23. The fraction of sp³-hybridized carbons (Fsp3) is 0.500. The number of hydrogen-bond acceptors (Lipinski definition) is 6. The van der Waals surface area contributed by atoms with Crippen molar-refractivity contribution in [1.82, 2.24) is 25.0 Å². The Morgan fingerprint density at radius 2 is 2.23 bits per heavy atom. The van der Waals surface area contributed by atoms with Crippen molar-refractivity contribution in [3.8, 4) is 0 Å². The molecule has 2 fully saturated rings. The van der Waals surface area contributed by atoms with Crippen LogP contribution < -0.4 is 0 Å². The molecular formula is C14H17N5O2S. The molecular weight excluding hydrogens is 302 g/mol. The third-order valence-corrected chi connectivity index (χ3v) is 5.07. The average Bonchev–Trinajstić information content (AvgIpc) is 3.08. The first-order valence-electron chi connectivity index (χ1n) is 7.18. The highest BCUT2D eigenvalue weighted by Crippen LogP contribution is 2.39. The van der Waals surface area contributed by atoms with Crippen molar-refractivity contribution in [1.29, 1.82) is 0 Å². The molecule has 2 aliphatic heterocycles. The molecule has 0 saturated carbocycles. The van der Waals surface area contributed by atoms with Crippen LogP contribution in [0, 0.1) is 5.41 Å². The molecule has 4 heterocycles. The number of H-pyrrole nitrogens is 1. The largest absolute Gasteiger partial charge is 0.455 e. The minimum Gasteiger partial charge on any atom is -0.455 e. The summed E-state index contributed by atoms with van der Waals surface area (Å²) in [4.78, 5) is 20.6. The van der Waals surface area contributed by atoms with Crippen molar-refractivity contribution in [3.05, 3.63) is 30.0 Å². The Morgan fingerprint density at radius 1 is 1.41 bits per heavy atom. The van der Waals surface area contributed by atoms with Gasteiger partial charge in [-0.05, 0) is 19.2 Å². The van der Waals surface area contributed by atoms with Gasteiger partial charge in [0.15, 0.2) is 10.9 Å². The number of carbonyl (C=O) groups is 1. The van der Waals surface area contributed by atoms with Crippen LogP contribution in [0.4, 0.5) is 0 Å². The second-order valence-corrected chi connectivity index (χ2v) is 7.14. The summed E-state index contributed by atoms with van der Waals surface area (Å²) in [6.07, 6.45) is 1.47. The molecule has 4 rings (SSSR count). The standard InChI is InChI=1S/C14H17N5O2S/c1-18-5-14(6-18)7-19(8-14)12(20)11-3-2-10(21-11)4-22-13-15-9-16-17-13/h2-3,9H,4-8H2,1H3,(H,15,16,17). The van der Waals surface area contributed by atoms with Gasteiger partial charge in [0.25, 0.3) is 5.91 Å². The van der Waals surface area contributed by atoms with E-state index in [9.17, 15) is 4.79 Å². The van der Waals surface area contributed by atoms with Crippen LogP contribution in [0.3, 0.4) is 0 Å². The normalized spacial score (nSPS) is 20.0. The van der Waals surface area contributed by atoms with E-state index in [1.54, 1.807) is 6.07 Å². The van der Waals surface area contributed by atoms with E-state index in [-0.39, 0.29) is 5.91 Å². The monoisotopic (exact) mass is 319 g/mol. The lowest BCUT2D eigenvalue weighted by Crippen LogP contribution is -2.71. The van der Waals surface area contributed by atoms with Crippen LogP contribution in [0.15, 0.2) is 28.0 Å². The summed E-state index contributed by atoms with van der Waals surface area (Å²) in [6, 6.07) is 3.61. The molecule has 2 aliphatic rings. The summed E-state index contributed by atoms with van der Waals surface area (Å²) >= 11 is 1.49. The smallest absolute Gasteiger partial charge is 0.289 e. The van der Waals surface area contributed by atoms with Gasteiger partial charge in [-0.25, -0.2) is 4.98 Å². The maximum Gasteiger partial charge on any atom is 0.289 e. The van der Waals surface area contributed by atoms with Crippen molar-refractivity contribution in [2.45, 2.75) is 10.9 Å². The average molecular weight is 319 g/mol. The Balaban J connectivity index is 1.32. The number of amides is 1. The van der Waals surface area contributed by atoms with Gasteiger partial charge in [-0.3, -0.25) is 9.89 Å². The van der Waals surface area contributed by atoms with E-state index in [2.05, 4.69) is 27.1 Å². The fourth-order valence-electron chi connectivity index (χ4n) is 3.34. The van der Waals surface area contributed by atoms with Gasteiger partial charge in [0.1, 0.15) is 12.1 Å². The fourth-order valence-corrected chi connectivity index (χ4v) is 4.01. The second kappa shape index (κ2) is 5.13. The molecule has 0 aliphatic carbocycles. The minimum absolute atomic E-state index is 0.00362. The topological polar surface area (TPSA) is 78.3 Å². The molecule has 2 aromatic heterocycles. The Hall–Kier alpha value is -1.80. The number of hydrogen-bond donors (Lipinski definition) is 1. The molecule has 22 heavy (non-hydrogen) atoms. The van der Waals surface area contributed by atoms with Gasteiger partial charge in [0.05, 0.1) is 5.75 Å². The van der Waals surface area contributed by atoms with Gasteiger partial charge in [-0.15, -0.1) is 0 Å². The molecule has 0 radical (unpaired) electrons. The van der Waals surface area contributed by atoms with Crippen LogP contribution in [0.1, 0.15) is 16.3 Å². The number of nitrogens with one attached hydrogen (secondary N) is 1. The number of carbonyl (C=O) groups excluding carboxylic acids is 1. The molecule has 1 spiro atoms. The van der Waals surface area contributed by atoms with Crippen molar-refractivity contribution in [2.75, 3.05) is 33.2 Å². The lowest BCUT2D eigenvalue weighted by molar-refractivity contribution is -0.0879. The molecule has 8 heteroatoms. The summed E-state index contributed by atoms with van der Waals surface area (Å²) < 4.78 is 5.66. The number of nitrogens with zero attached hydrogens (tertiary/aromatic N) is 4. The molecule has 7 nitrogen and oxygen atoms in total. The predicted molar refractivity (Wildman–Crippen MR) is 80.5 cm³/mol. The quantitative estimate of drug-likeness (QED) is 0.850. The lowest BCUT2D eigenvalue weighted by Gasteiger charge is -2.59. The van der Waals surface area contributed by atoms with Gasteiger partial charge < -0.3 is 14.2 Å². The molecule has 0 aromatic carbocycles. The molecule has 0 bridgehead atoms.